The molecule has 0 fully saturated rings. The smallest absolute Gasteiger partial charge is 0.251 e. The number of rotatable bonds is 5. The molecular formula is C11H16N4O2. The average molecular weight is 236 g/mol. The van der Waals surface area contributed by atoms with Crippen molar-refractivity contribution in [2.45, 2.75) is 0 Å². The Kier molecular flexibility index (Phi) is 5.09. The lowest BCUT2D eigenvalue weighted by Gasteiger charge is -2.03. The molecule has 1 rings (SSSR count). The zero-order valence-electron chi connectivity index (χ0n) is 9.92. The number of carbonyl (C=O) groups excluding carboxylic acids is 1. The van der Waals surface area contributed by atoms with Crippen molar-refractivity contribution >= 4 is 11.6 Å². The van der Waals surface area contributed by atoms with Gasteiger partial charge in [-0.2, -0.15) is 0 Å². The number of hydrogen-bond donors (Lipinski definition) is 2. The van der Waals surface area contributed by atoms with Gasteiger partial charge in [0.1, 0.15) is 0 Å². The summed E-state index contributed by atoms with van der Waals surface area (Å²) >= 11 is 0. The van der Waals surface area contributed by atoms with Crippen LogP contribution < -0.4 is 5.32 Å². The van der Waals surface area contributed by atoms with Gasteiger partial charge < -0.3 is 10.4 Å². The lowest BCUT2D eigenvalue weighted by atomic mass is 10.2. The van der Waals surface area contributed by atoms with Crippen LogP contribution in [0.4, 0.5) is 5.69 Å². The van der Waals surface area contributed by atoms with Crippen molar-refractivity contribution in [1.29, 1.82) is 0 Å². The summed E-state index contributed by atoms with van der Waals surface area (Å²) in [6, 6.07) is 6.75. The third kappa shape index (κ3) is 4.60. The van der Waals surface area contributed by atoms with E-state index in [9.17, 15) is 4.79 Å². The molecule has 0 aliphatic heterocycles. The SMILES string of the molecule is CN(C)N=Nc1ccc(C(=O)NCCO)cc1. The van der Waals surface area contributed by atoms with Gasteiger partial charge in [0.25, 0.3) is 5.91 Å². The molecule has 0 heterocycles. The highest BCUT2D eigenvalue weighted by molar-refractivity contribution is 5.94. The van der Waals surface area contributed by atoms with Crippen LogP contribution in [-0.4, -0.2) is 43.3 Å². The van der Waals surface area contributed by atoms with Crippen molar-refractivity contribution in [3.63, 3.8) is 0 Å². The Morgan fingerprint density at radius 3 is 2.53 bits per heavy atom. The Bertz CT molecular complexity index is 387. The molecule has 0 aliphatic carbocycles. The zero-order chi connectivity index (χ0) is 12.7. The van der Waals surface area contributed by atoms with Crippen LogP contribution in [0.2, 0.25) is 0 Å². The van der Waals surface area contributed by atoms with Crippen molar-refractivity contribution in [2.24, 2.45) is 10.3 Å². The summed E-state index contributed by atoms with van der Waals surface area (Å²) in [7, 11) is 3.56. The van der Waals surface area contributed by atoms with Gasteiger partial charge in [0.2, 0.25) is 0 Å². The van der Waals surface area contributed by atoms with E-state index in [1.807, 2.05) is 0 Å². The molecule has 0 radical (unpaired) electrons. The lowest BCUT2D eigenvalue weighted by molar-refractivity contribution is 0.0945. The van der Waals surface area contributed by atoms with E-state index in [0.29, 0.717) is 11.3 Å². The molecule has 2 N–H and O–H groups in total. The first-order valence-electron chi connectivity index (χ1n) is 5.21. The van der Waals surface area contributed by atoms with Crippen molar-refractivity contribution in [2.75, 3.05) is 27.2 Å². The van der Waals surface area contributed by atoms with E-state index in [1.165, 1.54) is 0 Å². The van der Waals surface area contributed by atoms with Gasteiger partial charge in [-0.25, -0.2) is 0 Å². The lowest BCUT2D eigenvalue weighted by Crippen LogP contribution is -2.26. The summed E-state index contributed by atoms with van der Waals surface area (Å²) in [5, 5.41) is 20.5. The second kappa shape index (κ2) is 6.59. The maximum Gasteiger partial charge on any atom is 0.251 e. The minimum Gasteiger partial charge on any atom is -0.395 e. The highest BCUT2D eigenvalue weighted by Gasteiger charge is 2.03. The summed E-state index contributed by atoms with van der Waals surface area (Å²) < 4.78 is 0. The van der Waals surface area contributed by atoms with Gasteiger partial charge in [0, 0.05) is 26.2 Å². The molecule has 6 nitrogen and oxygen atoms in total. The Balaban J connectivity index is 2.64. The minimum atomic E-state index is -0.213. The Morgan fingerprint density at radius 2 is 2.00 bits per heavy atom. The van der Waals surface area contributed by atoms with Gasteiger partial charge in [-0.3, -0.25) is 9.80 Å². The number of hydrogen-bond acceptors (Lipinski definition) is 4. The molecule has 6 heteroatoms. The van der Waals surface area contributed by atoms with E-state index in [0.717, 1.165) is 0 Å². The maximum atomic E-state index is 11.5. The second-order valence-corrected chi connectivity index (χ2v) is 3.56. The molecule has 0 spiro atoms. The van der Waals surface area contributed by atoms with Crippen LogP contribution >= 0.6 is 0 Å². The number of benzene rings is 1. The summed E-state index contributed by atoms with van der Waals surface area (Å²) in [6.07, 6.45) is 0. The van der Waals surface area contributed by atoms with E-state index >= 15 is 0 Å². The number of nitrogens with zero attached hydrogens (tertiary/aromatic N) is 3. The van der Waals surface area contributed by atoms with Gasteiger partial charge in [0.15, 0.2) is 0 Å². The van der Waals surface area contributed by atoms with E-state index in [4.69, 9.17) is 5.11 Å². The predicted octanol–water partition coefficient (Wildman–Crippen LogP) is 0.969. The minimum absolute atomic E-state index is 0.0686. The van der Waals surface area contributed by atoms with Gasteiger partial charge in [0.05, 0.1) is 12.3 Å². The maximum absolute atomic E-state index is 11.5. The van der Waals surface area contributed by atoms with E-state index in [-0.39, 0.29) is 19.1 Å². The molecule has 0 atom stereocenters. The van der Waals surface area contributed by atoms with E-state index < -0.39 is 0 Å². The van der Waals surface area contributed by atoms with Gasteiger partial charge >= 0.3 is 0 Å². The van der Waals surface area contributed by atoms with Crippen LogP contribution in [0.5, 0.6) is 0 Å². The quantitative estimate of drug-likeness (QED) is 0.590. The summed E-state index contributed by atoms with van der Waals surface area (Å²) in [4.78, 5) is 11.5. The zero-order valence-corrected chi connectivity index (χ0v) is 9.92. The molecule has 0 saturated heterocycles. The highest BCUT2D eigenvalue weighted by atomic mass is 16.3. The number of aliphatic hydroxyl groups excluding tert-OH is 1. The second-order valence-electron chi connectivity index (χ2n) is 3.56. The van der Waals surface area contributed by atoms with Crippen LogP contribution in [0.25, 0.3) is 0 Å². The van der Waals surface area contributed by atoms with Gasteiger partial charge in [-0.15, -0.1) is 5.11 Å². The van der Waals surface area contributed by atoms with Crippen LogP contribution in [-0.2, 0) is 0 Å². The van der Waals surface area contributed by atoms with Gasteiger partial charge in [-0.1, -0.05) is 5.22 Å². The molecule has 0 aromatic heterocycles. The van der Waals surface area contributed by atoms with Crippen LogP contribution in [0.3, 0.4) is 0 Å². The molecule has 1 aromatic rings. The third-order valence-corrected chi connectivity index (χ3v) is 1.87. The molecule has 0 unspecified atom stereocenters. The standard InChI is InChI=1S/C11H16N4O2/c1-15(2)14-13-10-5-3-9(4-6-10)11(17)12-7-8-16/h3-6,16H,7-8H2,1-2H3,(H,12,17). The summed E-state index contributed by atoms with van der Waals surface area (Å²) in [5.41, 5.74) is 1.21. The Hall–Kier alpha value is -1.95. The highest BCUT2D eigenvalue weighted by Crippen LogP contribution is 2.13. The van der Waals surface area contributed by atoms with Gasteiger partial charge in [-0.05, 0) is 24.3 Å². The largest absolute Gasteiger partial charge is 0.395 e. The molecule has 92 valence electrons. The third-order valence-electron chi connectivity index (χ3n) is 1.87. The van der Waals surface area contributed by atoms with Crippen LogP contribution in [0.15, 0.2) is 34.6 Å². The van der Waals surface area contributed by atoms with Crippen LogP contribution in [0, 0.1) is 0 Å². The van der Waals surface area contributed by atoms with Crippen molar-refractivity contribution < 1.29 is 9.90 Å². The first-order chi connectivity index (χ1) is 8.13. The molecule has 1 amide bonds. The number of nitrogens with one attached hydrogen (secondary N) is 1. The monoisotopic (exact) mass is 236 g/mol. The van der Waals surface area contributed by atoms with E-state index in [2.05, 4.69) is 15.7 Å². The Morgan fingerprint density at radius 1 is 1.35 bits per heavy atom. The molecular weight excluding hydrogens is 220 g/mol. The number of carbonyl (C=O) groups is 1. The fourth-order valence-electron chi connectivity index (χ4n) is 1.09. The summed E-state index contributed by atoms with van der Waals surface area (Å²) in [5.74, 6) is -0.213. The van der Waals surface area contributed by atoms with Crippen molar-refractivity contribution in [3.8, 4) is 0 Å². The summed E-state index contributed by atoms with van der Waals surface area (Å²) in [6.45, 7) is 0.182. The fraction of sp³-hybridized carbons (Fsp3) is 0.364. The first kappa shape index (κ1) is 13.1. The molecule has 17 heavy (non-hydrogen) atoms. The first-order valence-corrected chi connectivity index (χ1v) is 5.21. The normalized spacial score (nSPS) is 10.5. The molecule has 0 saturated carbocycles. The molecule has 1 aromatic carbocycles. The van der Waals surface area contributed by atoms with Crippen molar-refractivity contribution in [3.05, 3.63) is 29.8 Å². The predicted molar refractivity (Wildman–Crippen MR) is 64.1 cm³/mol. The average Bonchev–Trinajstić information content (AvgIpc) is 2.34. The molecule has 0 aliphatic rings. The van der Waals surface area contributed by atoms with Crippen molar-refractivity contribution in [1.82, 2.24) is 10.3 Å². The van der Waals surface area contributed by atoms with E-state index in [1.54, 1.807) is 43.4 Å². The van der Waals surface area contributed by atoms with Crippen LogP contribution in [0.1, 0.15) is 10.4 Å². The topological polar surface area (TPSA) is 77.3 Å². The molecule has 0 bridgehead atoms. The Labute approximate surface area is 99.9 Å². The fourth-order valence-corrected chi connectivity index (χ4v) is 1.09. The number of amides is 1. The number of aliphatic hydroxyl groups is 1.